The van der Waals surface area contributed by atoms with E-state index in [1.54, 1.807) is 32.0 Å². The molecule has 0 radical (unpaired) electrons. The monoisotopic (exact) mass is 283 g/mol. The number of carbonyl (C=O) groups is 2. The molecule has 0 bridgehead atoms. The highest BCUT2D eigenvalue weighted by atomic mass is 35.5. The van der Waals surface area contributed by atoms with Gasteiger partial charge in [-0.05, 0) is 31.5 Å². The van der Waals surface area contributed by atoms with E-state index in [4.69, 9.17) is 11.6 Å². The van der Waals surface area contributed by atoms with Crippen molar-refractivity contribution in [1.29, 1.82) is 0 Å². The van der Waals surface area contributed by atoms with Crippen LogP contribution in [0.1, 0.15) is 19.4 Å². The van der Waals surface area contributed by atoms with E-state index < -0.39 is 5.41 Å². The first kappa shape index (κ1) is 15.5. The maximum absolute atomic E-state index is 11.8. The number of hydrogen-bond acceptors (Lipinski definition) is 3. The van der Waals surface area contributed by atoms with Crippen molar-refractivity contribution in [2.45, 2.75) is 20.3 Å². The summed E-state index contributed by atoms with van der Waals surface area (Å²) in [6.45, 7) is 3.68. The third-order valence-electron chi connectivity index (χ3n) is 2.72. The lowest BCUT2D eigenvalue weighted by molar-refractivity contribution is -0.150. The van der Waals surface area contributed by atoms with Gasteiger partial charge in [0.25, 0.3) is 0 Å². The number of esters is 1. The summed E-state index contributed by atoms with van der Waals surface area (Å²) in [5, 5.41) is 3.32. The first-order valence-electron chi connectivity index (χ1n) is 5.95. The van der Waals surface area contributed by atoms with Crippen LogP contribution in [-0.2, 0) is 20.7 Å². The Morgan fingerprint density at radius 3 is 2.63 bits per heavy atom. The Balaban J connectivity index is 2.51. The number of nitrogens with one attached hydrogen (secondary N) is 1. The van der Waals surface area contributed by atoms with Gasteiger partial charge >= 0.3 is 5.97 Å². The van der Waals surface area contributed by atoms with Crippen molar-refractivity contribution in [3.8, 4) is 0 Å². The van der Waals surface area contributed by atoms with Gasteiger partial charge in [0.05, 0.1) is 18.9 Å². The Morgan fingerprint density at radius 2 is 2.05 bits per heavy atom. The highest BCUT2D eigenvalue weighted by molar-refractivity contribution is 6.30. The molecule has 1 rings (SSSR count). The molecule has 1 aromatic carbocycles. The topological polar surface area (TPSA) is 55.4 Å². The number of halogens is 1. The SMILES string of the molecule is COC(=O)C(C)(C)CNC(=O)Cc1cccc(Cl)c1. The molecule has 0 spiro atoms. The van der Waals surface area contributed by atoms with Crippen molar-refractivity contribution >= 4 is 23.5 Å². The average Bonchev–Trinajstić information content (AvgIpc) is 2.35. The van der Waals surface area contributed by atoms with E-state index in [9.17, 15) is 9.59 Å². The second-order valence-electron chi connectivity index (χ2n) is 4.96. The fourth-order valence-electron chi connectivity index (χ4n) is 1.56. The van der Waals surface area contributed by atoms with Crippen LogP contribution in [0.5, 0.6) is 0 Å². The first-order valence-corrected chi connectivity index (χ1v) is 6.32. The molecule has 1 N–H and O–H groups in total. The lowest BCUT2D eigenvalue weighted by atomic mass is 9.93. The molecular weight excluding hydrogens is 266 g/mol. The van der Waals surface area contributed by atoms with Crippen molar-refractivity contribution < 1.29 is 14.3 Å². The second kappa shape index (κ2) is 6.57. The largest absolute Gasteiger partial charge is 0.469 e. The molecule has 1 amide bonds. The molecule has 0 saturated carbocycles. The van der Waals surface area contributed by atoms with Crippen LogP contribution in [0.25, 0.3) is 0 Å². The molecule has 19 heavy (non-hydrogen) atoms. The summed E-state index contributed by atoms with van der Waals surface area (Å²) in [6, 6.07) is 7.12. The van der Waals surface area contributed by atoms with Crippen LogP contribution < -0.4 is 5.32 Å². The molecule has 0 aliphatic rings. The summed E-state index contributed by atoms with van der Waals surface area (Å²) in [7, 11) is 1.33. The molecule has 104 valence electrons. The van der Waals surface area contributed by atoms with Gasteiger partial charge in [0.2, 0.25) is 5.91 Å². The van der Waals surface area contributed by atoms with Gasteiger partial charge in [0.1, 0.15) is 0 Å². The third-order valence-corrected chi connectivity index (χ3v) is 2.95. The maximum atomic E-state index is 11.8. The van der Waals surface area contributed by atoms with E-state index in [1.165, 1.54) is 7.11 Å². The van der Waals surface area contributed by atoms with Gasteiger partial charge in [0.15, 0.2) is 0 Å². The molecule has 4 nitrogen and oxygen atoms in total. The first-order chi connectivity index (χ1) is 8.85. The van der Waals surface area contributed by atoms with E-state index in [0.717, 1.165) is 5.56 Å². The molecule has 0 unspecified atom stereocenters. The van der Waals surface area contributed by atoms with Crippen LogP contribution >= 0.6 is 11.6 Å². The zero-order valence-electron chi connectivity index (χ0n) is 11.3. The number of carbonyl (C=O) groups excluding carboxylic acids is 2. The second-order valence-corrected chi connectivity index (χ2v) is 5.40. The van der Waals surface area contributed by atoms with Gasteiger partial charge in [-0.1, -0.05) is 23.7 Å². The van der Waals surface area contributed by atoms with E-state index in [0.29, 0.717) is 5.02 Å². The van der Waals surface area contributed by atoms with Gasteiger partial charge in [-0.2, -0.15) is 0 Å². The van der Waals surface area contributed by atoms with Crippen LogP contribution in [0.4, 0.5) is 0 Å². The number of ether oxygens (including phenoxy) is 1. The van der Waals surface area contributed by atoms with Crippen LogP contribution in [0.15, 0.2) is 24.3 Å². The van der Waals surface area contributed by atoms with Crippen molar-refractivity contribution in [3.63, 3.8) is 0 Å². The summed E-state index contributed by atoms with van der Waals surface area (Å²) in [6.07, 6.45) is 0.234. The highest BCUT2D eigenvalue weighted by Gasteiger charge is 2.29. The van der Waals surface area contributed by atoms with Crippen LogP contribution in [0.2, 0.25) is 5.02 Å². The zero-order valence-corrected chi connectivity index (χ0v) is 12.1. The van der Waals surface area contributed by atoms with Gasteiger partial charge in [0, 0.05) is 11.6 Å². The van der Waals surface area contributed by atoms with Gasteiger partial charge in [-0.3, -0.25) is 9.59 Å². The molecule has 0 aliphatic carbocycles. The summed E-state index contributed by atoms with van der Waals surface area (Å²) >= 11 is 5.85. The van der Waals surface area contributed by atoms with E-state index >= 15 is 0 Å². The smallest absolute Gasteiger partial charge is 0.313 e. The number of rotatable bonds is 5. The van der Waals surface area contributed by atoms with E-state index in [1.807, 2.05) is 6.07 Å². The minimum absolute atomic E-state index is 0.153. The maximum Gasteiger partial charge on any atom is 0.313 e. The summed E-state index contributed by atoms with van der Waals surface area (Å²) < 4.78 is 4.67. The minimum Gasteiger partial charge on any atom is -0.469 e. The normalized spacial score (nSPS) is 10.9. The average molecular weight is 284 g/mol. The predicted molar refractivity (Wildman–Crippen MR) is 74.0 cm³/mol. The molecule has 0 atom stereocenters. The summed E-state index contributed by atoms with van der Waals surface area (Å²) in [5.41, 5.74) is 0.0968. The quantitative estimate of drug-likeness (QED) is 0.843. The number of hydrogen-bond donors (Lipinski definition) is 1. The Kier molecular flexibility index (Phi) is 5.36. The van der Waals surface area contributed by atoms with Crippen molar-refractivity contribution in [3.05, 3.63) is 34.9 Å². The molecule has 5 heteroatoms. The predicted octanol–water partition coefficient (Wildman–Crippen LogP) is 2.20. The number of amides is 1. The van der Waals surface area contributed by atoms with Crippen molar-refractivity contribution in [2.75, 3.05) is 13.7 Å². The highest BCUT2D eigenvalue weighted by Crippen LogP contribution is 2.15. The molecule has 1 aromatic rings. The Hall–Kier alpha value is -1.55. The van der Waals surface area contributed by atoms with Gasteiger partial charge in [-0.15, -0.1) is 0 Å². The molecule has 0 fully saturated rings. The van der Waals surface area contributed by atoms with Crippen molar-refractivity contribution in [1.82, 2.24) is 5.32 Å². The van der Waals surface area contributed by atoms with Gasteiger partial charge < -0.3 is 10.1 Å². The van der Waals surface area contributed by atoms with E-state index in [-0.39, 0.29) is 24.8 Å². The lowest BCUT2D eigenvalue weighted by Gasteiger charge is -2.21. The Bertz CT molecular complexity index is 472. The Labute approximate surface area is 118 Å². The lowest BCUT2D eigenvalue weighted by Crippen LogP contribution is -2.40. The summed E-state index contributed by atoms with van der Waals surface area (Å²) in [4.78, 5) is 23.2. The van der Waals surface area contributed by atoms with Gasteiger partial charge in [-0.25, -0.2) is 0 Å². The van der Waals surface area contributed by atoms with E-state index in [2.05, 4.69) is 10.1 Å². The van der Waals surface area contributed by atoms with Crippen molar-refractivity contribution in [2.24, 2.45) is 5.41 Å². The summed E-state index contributed by atoms with van der Waals surface area (Å²) in [5.74, 6) is -0.505. The zero-order chi connectivity index (χ0) is 14.5. The standard InChI is InChI=1S/C14H18ClNO3/c1-14(2,13(18)19-3)9-16-12(17)8-10-5-4-6-11(15)7-10/h4-7H,8-9H2,1-3H3,(H,16,17). The number of benzene rings is 1. The number of methoxy groups -OCH3 is 1. The minimum atomic E-state index is -0.737. The molecular formula is C14H18ClNO3. The third kappa shape index (κ3) is 4.91. The molecule has 0 saturated heterocycles. The van der Waals surface area contributed by atoms with Crippen LogP contribution in [0, 0.1) is 5.41 Å². The van der Waals surface area contributed by atoms with Crippen LogP contribution in [0.3, 0.4) is 0 Å². The fraction of sp³-hybridized carbons (Fsp3) is 0.429. The van der Waals surface area contributed by atoms with Crippen LogP contribution in [-0.4, -0.2) is 25.5 Å². The molecule has 0 aromatic heterocycles. The molecule has 0 aliphatic heterocycles. The fourth-order valence-corrected chi connectivity index (χ4v) is 1.78. The molecule has 0 heterocycles. The Morgan fingerprint density at radius 1 is 1.37 bits per heavy atom.